The minimum atomic E-state index is -0.772. The van der Waals surface area contributed by atoms with E-state index in [4.69, 9.17) is 20.9 Å². The first kappa shape index (κ1) is 20.9. The van der Waals surface area contributed by atoms with Crippen LogP contribution in [-0.4, -0.2) is 21.8 Å². The zero-order valence-corrected chi connectivity index (χ0v) is 17.6. The average molecular weight is 454 g/mol. The van der Waals surface area contributed by atoms with Crippen LogP contribution in [0.2, 0.25) is 0 Å². The van der Waals surface area contributed by atoms with Crippen molar-refractivity contribution >= 4 is 22.9 Å². The van der Waals surface area contributed by atoms with Gasteiger partial charge in [0.05, 0.1) is 33.6 Å². The SMILES string of the molecule is Nc1c(Oc2ccccc2)cc(O)c2c1C(=O)c1c(O)cc(Oc3ccccc3)c(N)c1C2=O. The summed E-state index contributed by atoms with van der Waals surface area (Å²) in [4.78, 5) is 26.8. The highest BCUT2D eigenvalue weighted by Gasteiger charge is 2.39. The van der Waals surface area contributed by atoms with Crippen molar-refractivity contribution in [3.05, 3.63) is 95.1 Å². The molecule has 1 aliphatic carbocycles. The number of fused-ring (bicyclic) bond motifs is 2. The van der Waals surface area contributed by atoms with Gasteiger partial charge in [-0.15, -0.1) is 0 Å². The molecule has 4 aromatic rings. The molecule has 0 atom stereocenters. The summed E-state index contributed by atoms with van der Waals surface area (Å²) in [6.07, 6.45) is 0. The van der Waals surface area contributed by atoms with Gasteiger partial charge in [-0.3, -0.25) is 9.59 Å². The standard InChI is InChI=1S/C26H18N2O6/c27-23-17(33-13-7-3-1-4-8-13)11-15(29)19-21(23)25(31)20-16(30)12-18(24(28)22(20)26(19)32)34-14-9-5-2-6-10-14/h1-12,29-30H,27-28H2. The Labute approximate surface area is 193 Å². The summed E-state index contributed by atoms with van der Waals surface area (Å²) in [5.41, 5.74) is 10.9. The first-order valence-corrected chi connectivity index (χ1v) is 10.2. The number of phenolic OH excluding ortho intramolecular Hbond substituents is 2. The molecule has 0 spiro atoms. The molecule has 34 heavy (non-hydrogen) atoms. The molecule has 8 heteroatoms. The van der Waals surface area contributed by atoms with Gasteiger partial charge in [0.15, 0.2) is 11.5 Å². The number of phenols is 2. The van der Waals surface area contributed by atoms with Gasteiger partial charge in [0, 0.05) is 12.1 Å². The Hall–Kier alpha value is -4.98. The third-order valence-corrected chi connectivity index (χ3v) is 5.47. The van der Waals surface area contributed by atoms with E-state index in [0.717, 1.165) is 12.1 Å². The van der Waals surface area contributed by atoms with Crippen molar-refractivity contribution < 1.29 is 29.3 Å². The summed E-state index contributed by atoms with van der Waals surface area (Å²) in [7, 11) is 0. The lowest BCUT2D eigenvalue weighted by Gasteiger charge is -2.24. The fraction of sp³-hybridized carbons (Fsp3) is 0. The predicted molar refractivity (Wildman–Crippen MR) is 125 cm³/mol. The molecule has 0 unspecified atom stereocenters. The van der Waals surface area contributed by atoms with Crippen molar-refractivity contribution in [1.29, 1.82) is 0 Å². The van der Waals surface area contributed by atoms with Crippen LogP contribution in [0, 0.1) is 0 Å². The van der Waals surface area contributed by atoms with Crippen LogP contribution in [0.4, 0.5) is 11.4 Å². The minimum absolute atomic E-state index is 0.0106. The fourth-order valence-electron chi connectivity index (χ4n) is 3.90. The lowest BCUT2D eigenvalue weighted by atomic mass is 9.81. The van der Waals surface area contributed by atoms with E-state index in [1.54, 1.807) is 60.7 Å². The number of hydrogen-bond donors (Lipinski definition) is 4. The van der Waals surface area contributed by atoms with Gasteiger partial charge in [0.25, 0.3) is 0 Å². The maximum Gasteiger partial charge on any atom is 0.200 e. The van der Waals surface area contributed by atoms with Gasteiger partial charge in [-0.1, -0.05) is 36.4 Å². The summed E-state index contributed by atoms with van der Waals surface area (Å²) in [5.74, 6) is -1.75. The van der Waals surface area contributed by atoms with E-state index >= 15 is 0 Å². The Bertz CT molecular complexity index is 1350. The minimum Gasteiger partial charge on any atom is -0.507 e. The molecule has 4 aromatic carbocycles. The molecule has 0 aliphatic heterocycles. The molecular formula is C26H18N2O6. The number of ketones is 2. The van der Waals surface area contributed by atoms with E-state index in [1.807, 2.05) is 0 Å². The summed E-state index contributed by atoms with van der Waals surface area (Å²) in [6, 6.07) is 19.5. The Balaban J connectivity index is 1.64. The molecule has 0 radical (unpaired) electrons. The summed E-state index contributed by atoms with van der Waals surface area (Å²) < 4.78 is 11.4. The molecule has 0 amide bonds. The molecule has 0 saturated heterocycles. The van der Waals surface area contributed by atoms with Gasteiger partial charge >= 0.3 is 0 Å². The molecule has 0 bridgehead atoms. The van der Waals surface area contributed by atoms with Crippen LogP contribution in [0.1, 0.15) is 31.8 Å². The van der Waals surface area contributed by atoms with Gasteiger partial charge < -0.3 is 31.2 Å². The zero-order valence-electron chi connectivity index (χ0n) is 17.6. The van der Waals surface area contributed by atoms with Crippen molar-refractivity contribution in [2.45, 2.75) is 0 Å². The molecule has 0 heterocycles. The lowest BCUT2D eigenvalue weighted by molar-refractivity contribution is 0.0975. The predicted octanol–water partition coefficient (Wildman–Crippen LogP) is 4.62. The van der Waals surface area contributed by atoms with Gasteiger partial charge in [0.1, 0.15) is 23.0 Å². The van der Waals surface area contributed by atoms with Gasteiger partial charge in [-0.2, -0.15) is 0 Å². The number of carbonyl (C=O) groups is 2. The third kappa shape index (κ3) is 3.25. The van der Waals surface area contributed by atoms with Gasteiger partial charge in [0.2, 0.25) is 11.6 Å². The Morgan fingerprint density at radius 2 is 0.912 bits per heavy atom. The normalized spacial score (nSPS) is 12.1. The second-order valence-electron chi connectivity index (χ2n) is 7.60. The van der Waals surface area contributed by atoms with Crippen molar-refractivity contribution in [1.82, 2.24) is 0 Å². The molecule has 8 nitrogen and oxygen atoms in total. The van der Waals surface area contributed by atoms with Crippen molar-refractivity contribution in [3.8, 4) is 34.5 Å². The van der Waals surface area contributed by atoms with Crippen molar-refractivity contribution in [2.75, 3.05) is 11.5 Å². The van der Waals surface area contributed by atoms with Crippen LogP contribution in [0.25, 0.3) is 0 Å². The lowest BCUT2D eigenvalue weighted by Crippen LogP contribution is -2.24. The first-order chi connectivity index (χ1) is 16.4. The van der Waals surface area contributed by atoms with E-state index in [1.165, 1.54) is 0 Å². The Morgan fingerprint density at radius 1 is 0.559 bits per heavy atom. The summed E-state index contributed by atoms with van der Waals surface area (Å²) in [5, 5.41) is 21.3. The number of aromatic hydroxyl groups is 2. The van der Waals surface area contributed by atoms with Crippen LogP contribution in [-0.2, 0) is 0 Å². The summed E-state index contributed by atoms with van der Waals surface area (Å²) >= 11 is 0. The second kappa shape index (κ2) is 7.86. The highest BCUT2D eigenvalue weighted by atomic mass is 16.5. The molecular weight excluding hydrogens is 436 g/mol. The molecule has 6 N–H and O–H groups in total. The topological polar surface area (TPSA) is 145 Å². The average Bonchev–Trinajstić information content (AvgIpc) is 2.83. The number of hydrogen-bond acceptors (Lipinski definition) is 8. The van der Waals surface area contributed by atoms with Crippen molar-refractivity contribution in [2.24, 2.45) is 0 Å². The van der Waals surface area contributed by atoms with Gasteiger partial charge in [-0.25, -0.2) is 0 Å². The summed E-state index contributed by atoms with van der Waals surface area (Å²) in [6.45, 7) is 0. The number of nitrogens with two attached hydrogens (primary N) is 2. The van der Waals surface area contributed by atoms with E-state index in [0.29, 0.717) is 11.5 Å². The number of nitrogen functional groups attached to an aromatic ring is 2. The first-order valence-electron chi connectivity index (χ1n) is 10.2. The molecule has 0 aromatic heterocycles. The van der Waals surface area contributed by atoms with Crippen LogP contribution in [0.15, 0.2) is 72.8 Å². The van der Waals surface area contributed by atoms with Crippen LogP contribution in [0.5, 0.6) is 34.5 Å². The molecule has 168 valence electrons. The number of anilines is 2. The quantitative estimate of drug-likeness (QED) is 0.227. The smallest absolute Gasteiger partial charge is 0.200 e. The number of carbonyl (C=O) groups excluding carboxylic acids is 2. The van der Waals surface area contributed by atoms with Crippen LogP contribution in [0.3, 0.4) is 0 Å². The second-order valence-corrected chi connectivity index (χ2v) is 7.60. The van der Waals surface area contributed by atoms with E-state index < -0.39 is 23.1 Å². The van der Waals surface area contributed by atoms with E-state index in [9.17, 15) is 19.8 Å². The number of para-hydroxylation sites is 2. The third-order valence-electron chi connectivity index (χ3n) is 5.47. The monoisotopic (exact) mass is 454 g/mol. The van der Waals surface area contributed by atoms with Gasteiger partial charge in [-0.05, 0) is 24.3 Å². The number of benzene rings is 4. The largest absolute Gasteiger partial charge is 0.507 e. The molecule has 0 fully saturated rings. The number of rotatable bonds is 4. The Kier molecular flexibility index (Phi) is 4.83. The maximum absolute atomic E-state index is 13.4. The van der Waals surface area contributed by atoms with E-state index in [2.05, 4.69) is 0 Å². The maximum atomic E-state index is 13.4. The molecule has 5 rings (SSSR count). The number of ether oxygens (including phenoxy) is 2. The van der Waals surface area contributed by atoms with E-state index in [-0.39, 0.29) is 45.1 Å². The van der Waals surface area contributed by atoms with Crippen LogP contribution < -0.4 is 20.9 Å². The van der Waals surface area contributed by atoms with Crippen LogP contribution >= 0.6 is 0 Å². The highest BCUT2D eigenvalue weighted by Crippen LogP contribution is 2.47. The zero-order chi connectivity index (χ0) is 24.0. The molecule has 0 saturated carbocycles. The Morgan fingerprint density at radius 3 is 1.26 bits per heavy atom. The fourth-order valence-corrected chi connectivity index (χ4v) is 3.90. The van der Waals surface area contributed by atoms with Crippen molar-refractivity contribution in [3.63, 3.8) is 0 Å². The molecule has 1 aliphatic rings. The highest BCUT2D eigenvalue weighted by molar-refractivity contribution is 6.34.